The number of carbonyl (C=O) groups is 1. The van der Waals surface area contributed by atoms with Crippen LogP contribution < -0.4 is 5.32 Å². The van der Waals surface area contributed by atoms with Crippen LogP contribution in [-0.4, -0.2) is 34.9 Å². The smallest absolute Gasteiger partial charge is 0.263 e. The van der Waals surface area contributed by atoms with E-state index in [9.17, 15) is 9.18 Å². The third kappa shape index (κ3) is 3.95. The maximum absolute atomic E-state index is 13.8. The minimum Gasteiger partial charge on any atom is -0.347 e. The number of aromatic nitrogens is 1. The van der Waals surface area contributed by atoms with E-state index in [2.05, 4.69) is 15.2 Å². The van der Waals surface area contributed by atoms with Crippen molar-refractivity contribution in [3.8, 4) is 0 Å². The van der Waals surface area contributed by atoms with Crippen molar-refractivity contribution >= 4 is 17.2 Å². The Morgan fingerprint density at radius 3 is 3.04 bits per heavy atom. The van der Waals surface area contributed by atoms with Crippen LogP contribution in [0.1, 0.15) is 33.8 Å². The first-order valence-electron chi connectivity index (χ1n) is 7.80. The number of nitrogens with zero attached hydrogens (tertiary/aromatic N) is 2. The van der Waals surface area contributed by atoms with Gasteiger partial charge in [-0.3, -0.25) is 9.69 Å². The number of carbonyl (C=O) groups excluding carboxylic acids is 1. The molecule has 0 bridgehead atoms. The zero-order chi connectivity index (χ0) is 16.2. The van der Waals surface area contributed by atoms with Crippen molar-refractivity contribution in [3.63, 3.8) is 0 Å². The summed E-state index contributed by atoms with van der Waals surface area (Å²) in [5.74, 6) is -0.221. The molecule has 1 saturated heterocycles. The molecule has 3 rings (SSSR count). The van der Waals surface area contributed by atoms with Gasteiger partial charge in [-0.1, -0.05) is 18.2 Å². The van der Waals surface area contributed by atoms with Gasteiger partial charge in [0.25, 0.3) is 5.91 Å². The molecule has 0 saturated carbocycles. The fourth-order valence-electron chi connectivity index (χ4n) is 2.96. The van der Waals surface area contributed by atoms with Gasteiger partial charge in [0.15, 0.2) is 0 Å². The molecular formula is C17H20FN3OS. The molecule has 122 valence electrons. The van der Waals surface area contributed by atoms with E-state index in [1.165, 1.54) is 17.4 Å². The summed E-state index contributed by atoms with van der Waals surface area (Å²) in [4.78, 5) is 19.3. The highest BCUT2D eigenvalue weighted by Crippen LogP contribution is 2.17. The summed E-state index contributed by atoms with van der Waals surface area (Å²) in [5, 5.41) is 3.09. The Hall–Kier alpha value is -1.79. The fourth-order valence-corrected chi connectivity index (χ4v) is 3.66. The number of aryl methyl sites for hydroxylation is 1. The second-order valence-electron chi connectivity index (χ2n) is 5.91. The molecule has 23 heavy (non-hydrogen) atoms. The Morgan fingerprint density at radius 2 is 2.30 bits per heavy atom. The minimum atomic E-state index is -0.168. The van der Waals surface area contributed by atoms with Gasteiger partial charge in [0, 0.05) is 24.7 Å². The number of hydrogen-bond donors (Lipinski definition) is 1. The number of likely N-dealkylation sites (tertiary alicyclic amines) is 1. The van der Waals surface area contributed by atoms with Crippen LogP contribution in [0.15, 0.2) is 29.8 Å². The van der Waals surface area contributed by atoms with Crippen LogP contribution in [0.5, 0.6) is 0 Å². The maximum atomic E-state index is 13.8. The first kappa shape index (κ1) is 16.1. The lowest BCUT2D eigenvalue weighted by Crippen LogP contribution is -2.47. The molecule has 1 fully saturated rings. The molecule has 1 N–H and O–H groups in total. The molecule has 1 aliphatic rings. The average Bonchev–Trinajstić information content (AvgIpc) is 2.96. The van der Waals surface area contributed by atoms with Crippen LogP contribution in [0.25, 0.3) is 0 Å². The lowest BCUT2D eigenvalue weighted by molar-refractivity contribution is 0.0903. The van der Waals surface area contributed by atoms with Crippen molar-refractivity contribution in [2.45, 2.75) is 32.4 Å². The normalized spacial score (nSPS) is 18.8. The Labute approximate surface area is 139 Å². The highest BCUT2D eigenvalue weighted by Gasteiger charge is 2.23. The molecule has 2 aromatic rings. The minimum absolute atomic E-state index is 0.0530. The lowest BCUT2D eigenvalue weighted by Gasteiger charge is -2.33. The summed E-state index contributed by atoms with van der Waals surface area (Å²) in [5.41, 5.74) is 3.17. The molecule has 0 aliphatic carbocycles. The SMILES string of the molecule is Cc1ncsc1C(=O)N[C@@H]1CCCN(Cc2ccccc2F)C1. The van der Waals surface area contributed by atoms with Crippen molar-refractivity contribution in [2.24, 2.45) is 0 Å². The Bertz CT molecular complexity index is 688. The first-order chi connectivity index (χ1) is 11.1. The third-order valence-corrected chi connectivity index (χ3v) is 5.07. The number of benzene rings is 1. The standard InChI is InChI=1S/C17H20FN3OS/c1-12-16(23-11-19-12)17(22)20-14-6-4-8-21(10-14)9-13-5-2-3-7-15(13)18/h2-3,5,7,11,14H,4,6,8-10H2,1H3,(H,20,22)/t14-/m1/s1. The van der Waals surface area contributed by atoms with E-state index in [-0.39, 0.29) is 17.8 Å². The zero-order valence-corrected chi connectivity index (χ0v) is 13.9. The van der Waals surface area contributed by atoms with Crippen LogP contribution >= 0.6 is 11.3 Å². The summed E-state index contributed by atoms with van der Waals surface area (Å²) < 4.78 is 13.8. The number of rotatable bonds is 4. The van der Waals surface area contributed by atoms with E-state index in [4.69, 9.17) is 0 Å². The van der Waals surface area contributed by atoms with Gasteiger partial charge in [-0.15, -0.1) is 11.3 Å². The van der Waals surface area contributed by atoms with Gasteiger partial charge in [0.05, 0.1) is 11.2 Å². The van der Waals surface area contributed by atoms with E-state index < -0.39 is 0 Å². The Balaban J connectivity index is 1.59. The van der Waals surface area contributed by atoms with Crippen LogP contribution in [0, 0.1) is 12.7 Å². The van der Waals surface area contributed by atoms with Gasteiger partial charge >= 0.3 is 0 Å². The molecule has 1 aromatic heterocycles. The molecule has 4 nitrogen and oxygen atoms in total. The lowest BCUT2D eigenvalue weighted by atomic mass is 10.0. The van der Waals surface area contributed by atoms with Crippen LogP contribution in [0.4, 0.5) is 4.39 Å². The predicted octanol–water partition coefficient (Wildman–Crippen LogP) is 2.99. The van der Waals surface area contributed by atoms with Crippen molar-refractivity contribution in [3.05, 3.63) is 51.7 Å². The Kier molecular flexibility index (Phi) is 5.03. The summed E-state index contributed by atoms with van der Waals surface area (Å²) in [6, 6.07) is 6.97. The van der Waals surface area contributed by atoms with E-state index in [1.54, 1.807) is 11.6 Å². The van der Waals surface area contributed by atoms with E-state index in [0.29, 0.717) is 17.0 Å². The highest BCUT2D eigenvalue weighted by atomic mass is 32.1. The summed E-state index contributed by atoms with van der Waals surface area (Å²) in [7, 11) is 0. The molecule has 0 unspecified atom stereocenters. The number of amides is 1. The van der Waals surface area contributed by atoms with Gasteiger partial charge < -0.3 is 5.32 Å². The summed E-state index contributed by atoms with van der Waals surface area (Å²) >= 11 is 1.37. The molecular weight excluding hydrogens is 313 g/mol. The van der Waals surface area contributed by atoms with Gasteiger partial charge in [0.2, 0.25) is 0 Å². The van der Waals surface area contributed by atoms with Gasteiger partial charge in [-0.25, -0.2) is 9.37 Å². The van der Waals surface area contributed by atoms with Gasteiger partial charge in [0.1, 0.15) is 10.7 Å². The third-order valence-electron chi connectivity index (χ3n) is 4.14. The summed E-state index contributed by atoms with van der Waals surface area (Å²) in [6.45, 7) is 4.10. The monoisotopic (exact) mass is 333 g/mol. The van der Waals surface area contributed by atoms with Gasteiger partial charge in [-0.05, 0) is 32.4 Å². The maximum Gasteiger partial charge on any atom is 0.263 e. The average molecular weight is 333 g/mol. The molecule has 0 spiro atoms. The van der Waals surface area contributed by atoms with Crippen LogP contribution in [0.3, 0.4) is 0 Å². The second kappa shape index (κ2) is 7.19. The van der Waals surface area contributed by atoms with E-state index >= 15 is 0 Å². The number of hydrogen-bond acceptors (Lipinski definition) is 4. The topological polar surface area (TPSA) is 45.2 Å². The van der Waals surface area contributed by atoms with Crippen molar-refractivity contribution in [2.75, 3.05) is 13.1 Å². The van der Waals surface area contributed by atoms with Crippen LogP contribution in [-0.2, 0) is 6.54 Å². The number of thiazole rings is 1. The molecule has 0 radical (unpaired) electrons. The number of piperidine rings is 1. The fraction of sp³-hybridized carbons (Fsp3) is 0.412. The highest BCUT2D eigenvalue weighted by molar-refractivity contribution is 7.11. The molecule has 2 heterocycles. The molecule has 6 heteroatoms. The zero-order valence-electron chi connectivity index (χ0n) is 13.1. The van der Waals surface area contributed by atoms with E-state index in [0.717, 1.165) is 31.6 Å². The molecule has 1 amide bonds. The molecule has 1 aromatic carbocycles. The second-order valence-corrected chi connectivity index (χ2v) is 6.76. The largest absolute Gasteiger partial charge is 0.347 e. The van der Waals surface area contributed by atoms with Crippen molar-refractivity contribution in [1.82, 2.24) is 15.2 Å². The van der Waals surface area contributed by atoms with Crippen LogP contribution in [0.2, 0.25) is 0 Å². The molecule has 1 aliphatic heterocycles. The van der Waals surface area contributed by atoms with Gasteiger partial charge in [-0.2, -0.15) is 0 Å². The number of halogens is 1. The predicted molar refractivity (Wildman–Crippen MR) is 89.0 cm³/mol. The summed E-state index contributed by atoms with van der Waals surface area (Å²) in [6.07, 6.45) is 1.96. The first-order valence-corrected chi connectivity index (χ1v) is 8.68. The van der Waals surface area contributed by atoms with E-state index in [1.807, 2.05) is 19.1 Å². The Morgan fingerprint density at radius 1 is 1.48 bits per heavy atom. The number of nitrogens with one attached hydrogen (secondary N) is 1. The quantitative estimate of drug-likeness (QED) is 0.935. The molecule has 1 atom stereocenters. The van der Waals surface area contributed by atoms with Crippen molar-refractivity contribution in [1.29, 1.82) is 0 Å². The van der Waals surface area contributed by atoms with Crippen molar-refractivity contribution < 1.29 is 9.18 Å².